The number of esters is 2. The minimum absolute atomic E-state index is 0.148. The summed E-state index contributed by atoms with van der Waals surface area (Å²) in [5, 5.41) is 20.7. The number of carbonyl (C=O) groups is 2. The molecule has 0 unspecified atom stereocenters. The van der Waals surface area contributed by atoms with Crippen LogP contribution in [0.2, 0.25) is 0 Å². The molecule has 4 aromatic rings. The summed E-state index contributed by atoms with van der Waals surface area (Å²) in [5.74, 6) is -0.477. The van der Waals surface area contributed by atoms with Gasteiger partial charge in [-0.15, -0.1) is 0 Å². The summed E-state index contributed by atoms with van der Waals surface area (Å²) >= 11 is 0. The van der Waals surface area contributed by atoms with Crippen molar-refractivity contribution >= 4 is 11.9 Å². The van der Waals surface area contributed by atoms with Crippen LogP contribution in [0.4, 0.5) is 4.39 Å². The van der Waals surface area contributed by atoms with E-state index in [9.17, 15) is 19.8 Å². The van der Waals surface area contributed by atoms with Gasteiger partial charge >= 0.3 is 11.9 Å². The van der Waals surface area contributed by atoms with Crippen LogP contribution in [0.1, 0.15) is 115 Å². The lowest BCUT2D eigenvalue weighted by molar-refractivity contribution is -0.139. The van der Waals surface area contributed by atoms with Crippen LogP contribution in [-0.2, 0) is 44.7 Å². The number of ether oxygens (including phenoxy) is 3. The highest BCUT2D eigenvalue weighted by atomic mass is 19.1. The zero-order valence-electron chi connectivity index (χ0n) is 37.9. The van der Waals surface area contributed by atoms with Gasteiger partial charge in [-0.2, -0.15) is 0 Å². The van der Waals surface area contributed by atoms with Crippen molar-refractivity contribution in [2.24, 2.45) is 5.41 Å². The normalized spacial score (nSPS) is 11.4. The van der Waals surface area contributed by atoms with Crippen molar-refractivity contribution in [1.29, 1.82) is 0 Å². The van der Waals surface area contributed by atoms with E-state index in [0.717, 1.165) is 63.8 Å². The number of hydrogen-bond donors (Lipinski definition) is 2. The van der Waals surface area contributed by atoms with E-state index in [2.05, 4.69) is 82.5 Å². The maximum absolute atomic E-state index is 16.0. The second kappa shape index (κ2) is 25.2. The summed E-state index contributed by atoms with van der Waals surface area (Å²) in [7, 11) is 0. The molecule has 62 heavy (non-hydrogen) atoms. The third-order valence-corrected chi connectivity index (χ3v) is 11.6. The van der Waals surface area contributed by atoms with Gasteiger partial charge in [-0.3, -0.25) is 0 Å². The van der Waals surface area contributed by atoms with E-state index >= 15 is 4.39 Å². The van der Waals surface area contributed by atoms with Crippen molar-refractivity contribution in [2.45, 2.75) is 118 Å². The number of unbranched alkanes of at least 4 members (excludes halogenated alkanes) is 3. The first-order valence-electron chi connectivity index (χ1n) is 22.6. The summed E-state index contributed by atoms with van der Waals surface area (Å²) < 4.78 is 33.5. The fraction of sp³-hybridized carbons (Fsp3) is 0.444. The number of aliphatic hydroxyl groups excluding tert-OH is 2. The van der Waals surface area contributed by atoms with E-state index in [1.807, 2.05) is 18.2 Å². The van der Waals surface area contributed by atoms with Crippen molar-refractivity contribution in [1.82, 2.24) is 0 Å². The van der Waals surface area contributed by atoms with E-state index in [4.69, 9.17) is 14.2 Å². The Labute approximate surface area is 370 Å². The Balaban J connectivity index is 1.72. The molecule has 0 atom stereocenters. The molecule has 0 bridgehead atoms. The van der Waals surface area contributed by atoms with Gasteiger partial charge in [-0.1, -0.05) is 114 Å². The molecule has 0 spiro atoms. The first-order valence-corrected chi connectivity index (χ1v) is 22.6. The highest BCUT2D eigenvalue weighted by Gasteiger charge is 2.28. The van der Waals surface area contributed by atoms with E-state index in [-0.39, 0.29) is 38.9 Å². The summed E-state index contributed by atoms with van der Waals surface area (Å²) in [6.45, 7) is 17.4. The van der Waals surface area contributed by atoms with Crippen molar-refractivity contribution in [2.75, 3.05) is 33.0 Å². The monoisotopic (exact) mass is 849 g/mol. The van der Waals surface area contributed by atoms with Crippen LogP contribution in [0.3, 0.4) is 0 Å². The molecule has 4 rings (SSSR count). The minimum Gasteiger partial charge on any atom is -0.493 e. The largest absolute Gasteiger partial charge is 0.493 e. The number of benzene rings is 4. The Morgan fingerprint density at radius 2 is 1.15 bits per heavy atom. The molecule has 4 aromatic carbocycles. The van der Waals surface area contributed by atoms with E-state index in [1.165, 1.54) is 24.8 Å². The Morgan fingerprint density at radius 1 is 0.597 bits per heavy atom. The molecule has 0 aliphatic carbocycles. The average molecular weight is 849 g/mol. The first kappa shape index (κ1) is 49.6. The topological polar surface area (TPSA) is 102 Å². The Kier molecular flexibility index (Phi) is 20.1. The summed E-state index contributed by atoms with van der Waals surface area (Å²) in [6, 6.07) is 24.2. The quantitative estimate of drug-likeness (QED) is 0.0350. The van der Waals surface area contributed by atoms with Gasteiger partial charge in [0.2, 0.25) is 0 Å². The van der Waals surface area contributed by atoms with Gasteiger partial charge in [0.05, 0.1) is 33.0 Å². The van der Waals surface area contributed by atoms with E-state index in [1.54, 1.807) is 19.9 Å². The van der Waals surface area contributed by atoms with Crippen molar-refractivity contribution in [3.63, 3.8) is 0 Å². The molecule has 0 aromatic heterocycles. The van der Waals surface area contributed by atoms with Crippen LogP contribution in [0.15, 0.2) is 97.1 Å². The molecule has 0 heterocycles. The number of carbonyl (C=O) groups excluding carboxylic acids is 2. The Morgan fingerprint density at radius 3 is 1.68 bits per heavy atom. The lowest BCUT2D eigenvalue weighted by Gasteiger charge is -2.30. The first-order chi connectivity index (χ1) is 29.9. The third-order valence-electron chi connectivity index (χ3n) is 11.6. The zero-order valence-corrected chi connectivity index (χ0v) is 37.9. The van der Waals surface area contributed by atoms with E-state index < -0.39 is 17.4 Å². The number of rotatable bonds is 27. The number of halogens is 1. The van der Waals surface area contributed by atoms with Gasteiger partial charge < -0.3 is 24.4 Å². The number of hydrogen-bond acceptors (Lipinski definition) is 7. The second-order valence-electron chi connectivity index (χ2n) is 16.8. The summed E-state index contributed by atoms with van der Waals surface area (Å²) in [4.78, 5) is 24.4. The van der Waals surface area contributed by atoms with Crippen molar-refractivity contribution < 1.29 is 38.4 Å². The maximum Gasteiger partial charge on any atom is 0.333 e. The standard InChI is InChI=1S/C54H69FO7/c1-8-11-13-16-40-19-21-42(22-20-40)43-23-26-49(50(55)35-43)44-24-25-48(41(10-3)32-44)47-33-45(17-14-29-61-52(58)38(4)5)51(46(34-47)18-15-30-62-53(59)39(6)7)60-31-28-54(36-56,37-57)27-12-9-2/h19-26,32-35,56-57H,4,6,8-18,27-31,36-37H2,1-3,5,7H3. The minimum atomic E-state index is -0.666. The predicted octanol–water partition coefficient (Wildman–Crippen LogP) is 12.2. The zero-order chi connectivity index (χ0) is 45.1. The van der Waals surface area contributed by atoms with E-state index in [0.29, 0.717) is 67.4 Å². The maximum atomic E-state index is 16.0. The van der Waals surface area contributed by atoms with Crippen LogP contribution in [0, 0.1) is 11.2 Å². The lowest BCUT2D eigenvalue weighted by atomic mass is 9.81. The van der Waals surface area contributed by atoms with Gasteiger partial charge in [-0.05, 0) is 140 Å². The highest BCUT2D eigenvalue weighted by molar-refractivity contribution is 5.87. The van der Waals surface area contributed by atoms with Crippen LogP contribution in [0.5, 0.6) is 5.75 Å². The molecule has 0 saturated carbocycles. The smallest absolute Gasteiger partial charge is 0.333 e. The molecule has 0 aliphatic heterocycles. The molecule has 0 radical (unpaired) electrons. The van der Waals surface area contributed by atoms with Gasteiger partial charge in [0, 0.05) is 22.1 Å². The molecule has 0 amide bonds. The predicted molar refractivity (Wildman–Crippen MR) is 250 cm³/mol. The fourth-order valence-electron chi connectivity index (χ4n) is 7.69. The van der Waals surface area contributed by atoms with Crippen LogP contribution in [0.25, 0.3) is 33.4 Å². The van der Waals surface area contributed by atoms with Gasteiger partial charge in [0.15, 0.2) is 0 Å². The van der Waals surface area contributed by atoms with Gasteiger partial charge in [0.25, 0.3) is 0 Å². The average Bonchev–Trinajstić information content (AvgIpc) is 3.28. The molecule has 0 saturated heterocycles. The second-order valence-corrected chi connectivity index (χ2v) is 16.8. The highest BCUT2D eigenvalue weighted by Crippen LogP contribution is 2.38. The molecule has 0 fully saturated rings. The van der Waals surface area contributed by atoms with Crippen LogP contribution < -0.4 is 4.74 Å². The third kappa shape index (κ3) is 14.2. The van der Waals surface area contributed by atoms with Crippen LogP contribution >= 0.6 is 0 Å². The summed E-state index contributed by atoms with van der Waals surface area (Å²) in [5.41, 5.74) is 9.28. The lowest BCUT2D eigenvalue weighted by Crippen LogP contribution is -2.32. The number of aliphatic hydroxyl groups is 2. The van der Waals surface area contributed by atoms with Gasteiger partial charge in [0.1, 0.15) is 11.6 Å². The van der Waals surface area contributed by atoms with Crippen molar-refractivity contribution in [3.8, 4) is 39.1 Å². The molecule has 2 N–H and O–H groups in total. The fourth-order valence-corrected chi connectivity index (χ4v) is 7.69. The molecular weight excluding hydrogens is 780 g/mol. The SMILES string of the molecule is C=C(C)C(=O)OCCCc1cc(-c2ccc(-c3ccc(-c4ccc(CCCCC)cc4)cc3F)cc2CC)cc(CCCOC(=O)C(=C)C)c1OCCC(CO)(CO)CCCC. The Bertz CT molecular complexity index is 2040. The Hall–Kier alpha value is -5.05. The molecule has 7 nitrogen and oxygen atoms in total. The molecular formula is C54H69FO7. The van der Waals surface area contributed by atoms with Crippen molar-refractivity contribution in [3.05, 3.63) is 125 Å². The molecule has 0 aliphatic rings. The van der Waals surface area contributed by atoms with Crippen LogP contribution in [-0.4, -0.2) is 55.2 Å². The van der Waals surface area contributed by atoms with Gasteiger partial charge in [-0.25, -0.2) is 14.0 Å². The molecule has 8 heteroatoms. The molecule has 334 valence electrons. The summed E-state index contributed by atoms with van der Waals surface area (Å²) in [6.07, 6.45) is 10.4. The number of aryl methyl sites for hydroxylation is 4.